The molecule has 18 heavy (non-hydrogen) atoms. The molecule has 1 N–H and O–H groups in total. The first-order valence-corrected chi connectivity index (χ1v) is 6.64. The van der Waals surface area contributed by atoms with Crippen molar-refractivity contribution in [2.75, 3.05) is 6.54 Å². The van der Waals surface area contributed by atoms with Crippen molar-refractivity contribution in [2.24, 2.45) is 0 Å². The number of benzene rings is 1. The Hall–Kier alpha value is -1.54. The van der Waals surface area contributed by atoms with Crippen LogP contribution in [0.25, 0.3) is 0 Å². The van der Waals surface area contributed by atoms with Crippen molar-refractivity contribution < 1.29 is 9.53 Å². The van der Waals surface area contributed by atoms with Gasteiger partial charge >= 0.3 is 0 Å². The Morgan fingerprint density at radius 1 is 1.44 bits per heavy atom. The predicted molar refractivity (Wildman–Crippen MR) is 70.1 cm³/mol. The van der Waals surface area contributed by atoms with Gasteiger partial charge in [-0.1, -0.05) is 15.9 Å². The summed E-state index contributed by atoms with van der Waals surface area (Å²) in [5, 5.41) is 11.9. The van der Waals surface area contributed by atoms with E-state index in [1.165, 1.54) is 0 Å². The molecule has 0 radical (unpaired) electrons. The average molecular weight is 309 g/mol. The van der Waals surface area contributed by atoms with Crippen LogP contribution in [0.5, 0.6) is 5.75 Å². The smallest absolute Gasteiger partial charge is 0.261 e. The Labute approximate surface area is 114 Å². The molecule has 5 heteroatoms. The van der Waals surface area contributed by atoms with E-state index in [4.69, 9.17) is 10.00 Å². The summed E-state index contributed by atoms with van der Waals surface area (Å²) in [5.74, 6) is 0.363. The number of nitrogens with one attached hydrogen (secondary N) is 1. The Morgan fingerprint density at radius 2 is 2.28 bits per heavy atom. The van der Waals surface area contributed by atoms with Gasteiger partial charge < -0.3 is 10.1 Å². The largest absolute Gasteiger partial charge is 0.479 e. The van der Waals surface area contributed by atoms with E-state index in [1.54, 1.807) is 18.2 Å². The van der Waals surface area contributed by atoms with Crippen LogP contribution < -0.4 is 10.1 Å². The lowest BCUT2D eigenvalue weighted by atomic mass is 10.1. The molecule has 0 spiro atoms. The standard InChI is InChI=1S/C13H13BrN2O2/c14-10-4-5-11(9(7-10)8-15)18-12-3-1-2-6-16-13(12)17/h4-5,7,12H,1-3,6H2,(H,16,17). The SMILES string of the molecule is N#Cc1cc(Br)ccc1OC1CCCCNC1=O. The van der Waals surface area contributed by atoms with Crippen molar-refractivity contribution in [1.29, 1.82) is 5.26 Å². The molecule has 1 amide bonds. The monoisotopic (exact) mass is 308 g/mol. The molecule has 4 nitrogen and oxygen atoms in total. The fraction of sp³-hybridized carbons (Fsp3) is 0.385. The first kappa shape index (κ1) is 12.9. The number of hydrogen-bond donors (Lipinski definition) is 1. The molecule has 2 rings (SSSR count). The summed E-state index contributed by atoms with van der Waals surface area (Å²) in [6, 6.07) is 7.26. The van der Waals surface area contributed by atoms with Crippen LogP contribution in [0.2, 0.25) is 0 Å². The van der Waals surface area contributed by atoms with Gasteiger partial charge in [-0.15, -0.1) is 0 Å². The fourth-order valence-electron chi connectivity index (χ4n) is 1.87. The summed E-state index contributed by atoms with van der Waals surface area (Å²) in [7, 11) is 0. The Balaban J connectivity index is 2.17. The third kappa shape index (κ3) is 3.02. The zero-order valence-electron chi connectivity index (χ0n) is 9.78. The highest BCUT2D eigenvalue weighted by molar-refractivity contribution is 9.10. The van der Waals surface area contributed by atoms with Crippen molar-refractivity contribution in [3.05, 3.63) is 28.2 Å². The molecule has 1 fully saturated rings. The molecule has 1 aromatic rings. The molecule has 1 aromatic carbocycles. The molecule has 1 unspecified atom stereocenters. The number of rotatable bonds is 2. The lowest BCUT2D eigenvalue weighted by Gasteiger charge is -2.16. The maximum Gasteiger partial charge on any atom is 0.261 e. The average Bonchev–Trinajstić information content (AvgIpc) is 2.57. The van der Waals surface area contributed by atoms with E-state index in [2.05, 4.69) is 27.3 Å². The van der Waals surface area contributed by atoms with Gasteiger partial charge in [-0.3, -0.25) is 4.79 Å². The Morgan fingerprint density at radius 3 is 3.06 bits per heavy atom. The van der Waals surface area contributed by atoms with Crippen LogP contribution in [-0.2, 0) is 4.79 Å². The van der Waals surface area contributed by atoms with Crippen LogP contribution in [-0.4, -0.2) is 18.6 Å². The lowest BCUT2D eigenvalue weighted by Crippen LogP contribution is -2.36. The topological polar surface area (TPSA) is 62.1 Å². The summed E-state index contributed by atoms with van der Waals surface area (Å²) in [6.07, 6.45) is 2.10. The lowest BCUT2D eigenvalue weighted by molar-refractivity contribution is -0.127. The minimum atomic E-state index is -0.499. The van der Waals surface area contributed by atoms with Gasteiger partial charge in [-0.25, -0.2) is 0 Å². The molecule has 0 aromatic heterocycles. The van der Waals surface area contributed by atoms with E-state index >= 15 is 0 Å². The number of amides is 1. The summed E-state index contributed by atoms with van der Waals surface area (Å²) in [4.78, 5) is 11.8. The molecular weight excluding hydrogens is 296 g/mol. The number of ether oxygens (including phenoxy) is 1. The number of halogens is 1. The van der Waals surface area contributed by atoms with Gasteiger partial charge in [-0.2, -0.15) is 5.26 Å². The minimum Gasteiger partial charge on any atom is -0.479 e. The zero-order valence-corrected chi connectivity index (χ0v) is 11.4. The third-order valence-electron chi connectivity index (χ3n) is 2.82. The summed E-state index contributed by atoms with van der Waals surface area (Å²) >= 11 is 3.30. The molecule has 1 heterocycles. The van der Waals surface area contributed by atoms with Crippen LogP contribution >= 0.6 is 15.9 Å². The van der Waals surface area contributed by atoms with E-state index in [0.29, 0.717) is 24.3 Å². The number of carbonyl (C=O) groups excluding carboxylic acids is 1. The molecule has 1 aliphatic heterocycles. The second kappa shape index (κ2) is 5.87. The van der Waals surface area contributed by atoms with Gasteiger partial charge in [0.15, 0.2) is 6.10 Å². The van der Waals surface area contributed by atoms with Crippen molar-refractivity contribution in [1.82, 2.24) is 5.32 Å². The Bertz CT molecular complexity index is 496. The van der Waals surface area contributed by atoms with Gasteiger partial charge in [0.05, 0.1) is 5.56 Å². The summed E-state index contributed by atoms with van der Waals surface area (Å²) in [5.41, 5.74) is 0.432. The summed E-state index contributed by atoms with van der Waals surface area (Å²) < 4.78 is 6.49. The number of nitriles is 1. The van der Waals surface area contributed by atoms with Crippen LogP contribution in [0.1, 0.15) is 24.8 Å². The second-order valence-corrected chi connectivity index (χ2v) is 5.06. The third-order valence-corrected chi connectivity index (χ3v) is 3.31. The van der Waals surface area contributed by atoms with Crippen molar-refractivity contribution >= 4 is 21.8 Å². The highest BCUT2D eigenvalue weighted by atomic mass is 79.9. The molecule has 0 aliphatic carbocycles. The molecule has 1 saturated heterocycles. The van der Waals surface area contributed by atoms with E-state index in [-0.39, 0.29) is 5.91 Å². The molecule has 1 aliphatic rings. The van der Waals surface area contributed by atoms with Crippen LogP contribution in [0.4, 0.5) is 0 Å². The van der Waals surface area contributed by atoms with Gasteiger partial charge in [0, 0.05) is 11.0 Å². The fourth-order valence-corrected chi connectivity index (χ4v) is 2.23. The maximum atomic E-state index is 11.8. The van der Waals surface area contributed by atoms with Crippen molar-refractivity contribution in [3.63, 3.8) is 0 Å². The minimum absolute atomic E-state index is 0.0979. The van der Waals surface area contributed by atoms with E-state index in [1.807, 2.05) is 0 Å². The maximum absolute atomic E-state index is 11.8. The van der Waals surface area contributed by atoms with Gasteiger partial charge in [0.2, 0.25) is 0 Å². The number of hydrogen-bond acceptors (Lipinski definition) is 3. The quantitative estimate of drug-likeness (QED) is 0.912. The predicted octanol–water partition coefficient (Wildman–Crippen LogP) is 2.37. The zero-order chi connectivity index (χ0) is 13.0. The molecule has 94 valence electrons. The molecular formula is C13H13BrN2O2. The molecule has 0 bridgehead atoms. The molecule has 1 atom stereocenters. The van der Waals surface area contributed by atoms with Crippen LogP contribution in [0.15, 0.2) is 22.7 Å². The normalized spacial score (nSPS) is 19.6. The first-order valence-electron chi connectivity index (χ1n) is 5.85. The number of carbonyl (C=O) groups is 1. The van der Waals surface area contributed by atoms with Crippen molar-refractivity contribution in [2.45, 2.75) is 25.4 Å². The first-order chi connectivity index (χ1) is 8.70. The highest BCUT2D eigenvalue weighted by Crippen LogP contribution is 2.24. The van der Waals surface area contributed by atoms with Crippen molar-refractivity contribution in [3.8, 4) is 11.8 Å². The highest BCUT2D eigenvalue weighted by Gasteiger charge is 2.23. The van der Waals surface area contributed by atoms with Gasteiger partial charge in [-0.05, 0) is 37.5 Å². The van der Waals surface area contributed by atoms with E-state index < -0.39 is 6.10 Å². The second-order valence-electron chi connectivity index (χ2n) is 4.15. The molecule has 0 saturated carbocycles. The van der Waals surface area contributed by atoms with E-state index in [9.17, 15) is 4.79 Å². The Kier molecular flexibility index (Phi) is 4.21. The van der Waals surface area contributed by atoms with Gasteiger partial charge in [0.25, 0.3) is 5.91 Å². The summed E-state index contributed by atoms with van der Waals surface area (Å²) in [6.45, 7) is 0.699. The van der Waals surface area contributed by atoms with Crippen LogP contribution in [0.3, 0.4) is 0 Å². The van der Waals surface area contributed by atoms with Gasteiger partial charge in [0.1, 0.15) is 11.8 Å². The number of nitrogens with zero attached hydrogens (tertiary/aromatic N) is 1. The van der Waals surface area contributed by atoms with E-state index in [0.717, 1.165) is 17.3 Å². The van der Waals surface area contributed by atoms with Crippen LogP contribution in [0, 0.1) is 11.3 Å².